The van der Waals surface area contributed by atoms with Crippen molar-refractivity contribution in [1.82, 2.24) is 0 Å². The summed E-state index contributed by atoms with van der Waals surface area (Å²) >= 11 is 0. The van der Waals surface area contributed by atoms with Gasteiger partial charge >= 0.3 is 5.69 Å². The fraction of sp³-hybridized carbons (Fsp3) is 0.250. The second kappa shape index (κ2) is 6.83. The largest absolute Gasteiger partial charge is 0.382 e. The zero-order chi connectivity index (χ0) is 15.2. The van der Waals surface area contributed by atoms with Gasteiger partial charge in [0.1, 0.15) is 0 Å². The number of nitro benzene ring substituents is 1. The van der Waals surface area contributed by atoms with Crippen LogP contribution in [0.2, 0.25) is 0 Å². The van der Waals surface area contributed by atoms with Gasteiger partial charge in [-0.2, -0.15) is 4.39 Å². The van der Waals surface area contributed by atoms with Gasteiger partial charge in [0.25, 0.3) is 0 Å². The SMILES string of the molecule is CCC(Cc1ccccc1)Nc1ccc([N+](=O)[O-])c(F)c1. The van der Waals surface area contributed by atoms with Crippen molar-refractivity contribution in [3.63, 3.8) is 0 Å². The molecular formula is C16H17FN2O2. The molecule has 1 N–H and O–H groups in total. The Bertz CT molecular complexity index is 617. The van der Waals surface area contributed by atoms with Crippen molar-refractivity contribution in [1.29, 1.82) is 0 Å². The Morgan fingerprint density at radius 1 is 1.24 bits per heavy atom. The Hall–Kier alpha value is -2.43. The first kappa shape index (κ1) is 15.0. The van der Waals surface area contributed by atoms with Gasteiger partial charge in [-0.15, -0.1) is 0 Å². The van der Waals surface area contributed by atoms with Crippen molar-refractivity contribution in [3.05, 3.63) is 70.0 Å². The summed E-state index contributed by atoms with van der Waals surface area (Å²) in [6.07, 6.45) is 1.68. The van der Waals surface area contributed by atoms with Crippen LogP contribution in [0.1, 0.15) is 18.9 Å². The van der Waals surface area contributed by atoms with Crippen LogP contribution >= 0.6 is 0 Å². The summed E-state index contributed by atoms with van der Waals surface area (Å²) in [7, 11) is 0. The van der Waals surface area contributed by atoms with Crippen molar-refractivity contribution < 1.29 is 9.31 Å². The summed E-state index contributed by atoms with van der Waals surface area (Å²) in [5.74, 6) is -0.820. The maximum Gasteiger partial charge on any atom is 0.304 e. The topological polar surface area (TPSA) is 55.2 Å². The number of rotatable bonds is 6. The number of hydrogen-bond acceptors (Lipinski definition) is 3. The first-order chi connectivity index (χ1) is 10.1. The van der Waals surface area contributed by atoms with Gasteiger partial charge in [0, 0.05) is 23.9 Å². The van der Waals surface area contributed by atoms with E-state index >= 15 is 0 Å². The van der Waals surface area contributed by atoms with Crippen LogP contribution in [0.5, 0.6) is 0 Å². The molecule has 4 nitrogen and oxygen atoms in total. The number of nitro groups is 1. The average molecular weight is 288 g/mol. The number of anilines is 1. The van der Waals surface area contributed by atoms with Crippen LogP contribution in [-0.2, 0) is 6.42 Å². The van der Waals surface area contributed by atoms with Crippen LogP contribution in [0.15, 0.2) is 48.5 Å². The minimum atomic E-state index is -0.820. The van der Waals surface area contributed by atoms with Crippen LogP contribution in [0.25, 0.3) is 0 Å². The first-order valence-corrected chi connectivity index (χ1v) is 6.84. The highest BCUT2D eigenvalue weighted by molar-refractivity contribution is 5.50. The zero-order valence-corrected chi connectivity index (χ0v) is 11.8. The summed E-state index contributed by atoms with van der Waals surface area (Å²) in [6.45, 7) is 2.04. The highest BCUT2D eigenvalue weighted by Crippen LogP contribution is 2.22. The summed E-state index contributed by atoms with van der Waals surface area (Å²) in [6, 6.07) is 14.0. The van der Waals surface area contributed by atoms with Gasteiger partial charge in [0.2, 0.25) is 5.82 Å². The average Bonchev–Trinajstić information content (AvgIpc) is 2.47. The summed E-state index contributed by atoms with van der Waals surface area (Å²) < 4.78 is 13.6. The standard InChI is InChI=1S/C16H17FN2O2/c1-2-13(10-12-6-4-3-5-7-12)18-14-8-9-16(19(20)21)15(17)11-14/h3-9,11,13,18H,2,10H2,1H3. The van der Waals surface area contributed by atoms with Gasteiger partial charge in [0.15, 0.2) is 0 Å². The molecule has 1 atom stereocenters. The minimum absolute atomic E-state index is 0.147. The van der Waals surface area contributed by atoms with E-state index in [1.807, 2.05) is 37.3 Å². The van der Waals surface area contributed by atoms with E-state index in [2.05, 4.69) is 5.32 Å². The molecule has 1 unspecified atom stereocenters. The fourth-order valence-electron chi connectivity index (χ4n) is 2.18. The van der Waals surface area contributed by atoms with Gasteiger partial charge in [-0.25, -0.2) is 0 Å². The fourth-order valence-corrected chi connectivity index (χ4v) is 2.18. The lowest BCUT2D eigenvalue weighted by atomic mass is 10.0. The van der Waals surface area contributed by atoms with Crippen molar-refractivity contribution in [2.24, 2.45) is 0 Å². The van der Waals surface area contributed by atoms with E-state index in [0.29, 0.717) is 5.69 Å². The molecule has 110 valence electrons. The molecule has 0 saturated carbocycles. The third-order valence-corrected chi connectivity index (χ3v) is 3.33. The van der Waals surface area contributed by atoms with Crippen LogP contribution in [-0.4, -0.2) is 11.0 Å². The van der Waals surface area contributed by atoms with Crippen molar-refractivity contribution in [2.75, 3.05) is 5.32 Å². The molecule has 0 aliphatic carbocycles. The molecule has 0 radical (unpaired) electrons. The molecule has 5 heteroatoms. The second-order valence-electron chi connectivity index (χ2n) is 4.86. The number of nitrogens with one attached hydrogen (secondary N) is 1. The van der Waals surface area contributed by atoms with Crippen LogP contribution < -0.4 is 5.32 Å². The molecule has 0 amide bonds. The van der Waals surface area contributed by atoms with Crippen molar-refractivity contribution in [3.8, 4) is 0 Å². The molecule has 0 fully saturated rings. The van der Waals surface area contributed by atoms with E-state index in [1.165, 1.54) is 23.8 Å². The molecular weight excluding hydrogens is 271 g/mol. The maximum atomic E-state index is 13.6. The van der Waals surface area contributed by atoms with Crippen LogP contribution in [0.4, 0.5) is 15.8 Å². The summed E-state index contributed by atoms with van der Waals surface area (Å²) in [4.78, 5) is 9.88. The summed E-state index contributed by atoms with van der Waals surface area (Å²) in [5.41, 5.74) is 1.25. The molecule has 0 saturated heterocycles. The molecule has 0 aromatic heterocycles. The zero-order valence-electron chi connectivity index (χ0n) is 11.8. The Labute approximate surface area is 122 Å². The number of hydrogen-bond donors (Lipinski definition) is 1. The van der Waals surface area contributed by atoms with E-state index in [0.717, 1.165) is 12.8 Å². The Kier molecular flexibility index (Phi) is 4.87. The lowest BCUT2D eigenvalue weighted by molar-refractivity contribution is -0.387. The molecule has 0 bridgehead atoms. The van der Waals surface area contributed by atoms with Gasteiger partial charge in [-0.1, -0.05) is 37.3 Å². The molecule has 21 heavy (non-hydrogen) atoms. The van der Waals surface area contributed by atoms with E-state index < -0.39 is 16.4 Å². The molecule has 2 aromatic rings. The second-order valence-corrected chi connectivity index (χ2v) is 4.86. The van der Waals surface area contributed by atoms with Crippen LogP contribution in [0, 0.1) is 15.9 Å². The molecule has 0 aliphatic rings. The van der Waals surface area contributed by atoms with Gasteiger partial charge in [0.05, 0.1) is 4.92 Å². The smallest absolute Gasteiger partial charge is 0.304 e. The predicted octanol–water partition coefficient (Wildman–Crippen LogP) is 4.17. The third-order valence-electron chi connectivity index (χ3n) is 3.33. The minimum Gasteiger partial charge on any atom is -0.382 e. The third kappa shape index (κ3) is 4.02. The lowest BCUT2D eigenvalue weighted by Gasteiger charge is -2.18. The normalized spacial score (nSPS) is 11.9. The first-order valence-electron chi connectivity index (χ1n) is 6.84. The quantitative estimate of drug-likeness (QED) is 0.641. The molecule has 0 aliphatic heterocycles. The molecule has 0 spiro atoms. The van der Waals surface area contributed by atoms with E-state index in [1.54, 1.807) is 0 Å². The monoisotopic (exact) mass is 288 g/mol. The van der Waals surface area contributed by atoms with Gasteiger partial charge in [-0.3, -0.25) is 10.1 Å². The molecule has 0 heterocycles. The van der Waals surface area contributed by atoms with E-state index in [9.17, 15) is 14.5 Å². The number of halogens is 1. The maximum absolute atomic E-state index is 13.6. The lowest BCUT2D eigenvalue weighted by Crippen LogP contribution is -2.21. The molecule has 2 rings (SSSR count). The highest BCUT2D eigenvalue weighted by Gasteiger charge is 2.15. The Balaban J connectivity index is 2.08. The van der Waals surface area contributed by atoms with Crippen molar-refractivity contribution >= 4 is 11.4 Å². The Morgan fingerprint density at radius 2 is 1.95 bits per heavy atom. The molecule has 2 aromatic carbocycles. The summed E-state index contributed by atoms with van der Waals surface area (Å²) in [5, 5.41) is 13.8. The highest BCUT2D eigenvalue weighted by atomic mass is 19.1. The Morgan fingerprint density at radius 3 is 2.52 bits per heavy atom. The van der Waals surface area contributed by atoms with Gasteiger partial charge in [-0.05, 0) is 24.5 Å². The van der Waals surface area contributed by atoms with Crippen molar-refractivity contribution in [2.45, 2.75) is 25.8 Å². The van der Waals surface area contributed by atoms with Gasteiger partial charge < -0.3 is 5.32 Å². The van der Waals surface area contributed by atoms with E-state index in [4.69, 9.17) is 0 Å². The number of benzene rings is 2. The van der Waals surface area contributed by atoms with E-state index in [-0.39, 0.29) is 6.04 Å². The number of nitrogens with zero attached hydrogens (tertiary/aromatic N) is 1. The predicted molar refractivity (Wildman–Crippen MR) is 80.9 cm³/mol. The van der Waals surface area contributed by atoms with Crippen LogP contribution in [0.3, 0.4) is 0 Å².